The summed E-state index contributed by atoms with van der Waals surface area (Å²) in [5.74, 6) is -4.86. The van der Waals surface area contributed by atoms with Crippen molar-refractivity contribution in [1.29, 1.82) is 0 Å². The largest absolute Gasteiger partial charge is 0.329 e. The molecular weight excluding hydrogens is 358 g/mol. The van der Waals surface area contributed by atoms with Crippen LogP contribution in [-0.2, 0) is 16.6 Å². The Morgan fingerprint density at radius 1 is 1.19 bits per heavy atom. The zero-order valence-corrected chi connectivity index (χ0v) is 14.8. The van der Waals surface area contributed by atoms with Crippen LogP contribution in [0, 0.1) is 0 Å². The van der Waals surface area contributed by atoms with Crippen LogP contribution in [0.5, 0.6) is 0 Å². The van der Waals surface area contributed by atoms with Crippen molar-refractivity contribution >= 4 is 22.8 Å². The molecule has 2 atom stereocenters. The molecule has 2 aliphatic rings. The van der Waals surface area contributed by atoms with Crippen molar-refractivity contribution in [2.75, 3.05) is 13.1 Å². The first kappa shape index (κ1) is 17.8. The van der Waals surface area contributed by atoms with Gasteiger partial charge in [-0.05, 0) is 31.0 Å². The maximum absolute atomic E-state index is 14.5. The predicted molar refractivity (Wildman–Crippen MR) is 93.8 cm³/mol. The number of hydrogen-bond acceptors (Lipinski definition) is 4. The number of carbonyl (C=O) groups excluding carboxylic acids is 2. The number of imide groups is 1. The highest BCUT2D eigenvalue weighted by Crippen LogP contribution is 2.40. The van der Waals surface area contributed by atoms with Crippen LogP contribution in [0.1, 0.15) is 36.8 Å². The molecule has 2 aliphatic heterocycles. The highest BCUT2D eigenvalue weighted by molar-refractivity contribution is 6.00. The Morgan fingerprint density at radius 3 is 2.67 bits per heavy atom. The molecule has 0 spiro atoms. The number of nitrogens with one attached hydrogen (secondary N) is 2. The molecule has 1 unspecified atom stereocenters. The van der Waals surface area contributed by atoms with Crippen LogP contribution in [0.15, 0.2) is 23.0 Å². The summed E-state index contributed by atoms with van der Waals surface area (Å²) >= 11 is 0. The fourth-order valence-corrected chi connectivity index (χ4v) is 4.20. The molecule has 0 bridgehead atoms. The number of aryl methyl sites for hydroxylation is 1. The quantitative estimate of drug-likeness (QED) is 0.765. The normalized spacial score (nSPS) is 25.6. The Kier molecular flexibility index (Phi) is 4.14. The minimum absolute atomic E-state index is 0.130. The average Bonchev–Trinajstić information content (AvgIpc) is 2.86. The molecule has 7 nitrogen and oxygen atoms in total. The summed E-state index contributed by atoms with van der Waals surface area (Å²) in [6.07, 6.45) is 0.590. The molecule has 9 heteroatoms. The van der Waals surface area contributed by atoms with E-state index in [0.717, 1.165) is 0 Å². The number of para-hydroxylation sites is 1. The molecule has 1 aromatic heterocycles. The van der Waals surface area contributed by atoms with Crippen LogP contribution in [-0.4, -0.2) is 40.0 Å². The summed E-state index contributed by atoms with van der Waals surface area (Å²) in [5, 5.41) is 4.95. The average molecular weight is 378 g/mol. The van der Waals surface area contributed by atoms with Crippen LogP contribution in [0.4, 0.5) is 8.78 Å². The first-order valence-corrected chi connectivity index (χ1v) is 8.93. The zero-order valence-electron chi connectivity index (χ0n) is 14.8. The number of piperidine rings is 2. The van der Waals surface area contributed by atoms with E-state index in [-0.39, 0.29) is 25.2 Å². The summed E-state index contributed by atoms with van der Waals surface area (Å²) in [7, 11) is 1.52. The van der Waals surface area contributed by atoms with Gasteiger partial charge in [-0.25, -0.2) is 13.6 Å². The van der Waals surface area contributed by atoms with E-state index in [1.807, 2.05) is 0 Å². The minimum atomic E-state index is -2.93. The number of nitrogens with zero attached hydrogens (tertiary/aromatic N) is 2. The molecule has 27 heavy (non-hydrogen) atoms. The lowest BCUT2D eigenvalue weighted by Crippen LogP contribution is -2.44. The van der Waals surface area contributed by atoms with Crippen LogP contribution in [0.3, 0.4) is 0 Å². The standard InChI is InChI=1S/C18H20F2N4O3/c1-23-15-10(11-7-8-21-9-18(11,19)20)3-2-4-12(15)24(17(23)27)13-5-6-14(25)22-16(13)26/h2-4,11,13,21H,5-9H2,1H3,(H,22,25,26)/t11-,13?/m0/s1. The number of halogens is 2. The third-order valence-corrected chi connectivity index (χ3v) is 5.51. The Hall–Kier alpha value is -2.55. The van der Waals surface area contributed by atoms with Gasteiger partial charge in [-0.15, -0.1) is 0 Å². The van der Waals surface area contributed by atoms with E-state index in [9.17, 15) is 23.2 Å². The van der Waals surface area contributed by atoms with Crippen LogP contribution < -0.4 is 16.3 Å². The number of fused-ring (bicyclic) bond motifs is 1. The molecule has 4 rings (SSSR count). The number of amides is 2. The molecule has 2 fully saturated rings. The topological polar surface area (TPSA) is 85.1 Å². The SMILES string of the molecule is Cn1c(=O)n(C2CCC(=O)NC2=O)c2cccc([C@@H]3CCNCC3(F)F)c21. The maximum atomic E-state index is 14.5. The van der Waals surface area contributed by atoms with Gasteiger partial charge in [0, 0.05) is 13.5 Å². The minimum Gasteiger partial charge on any atom is -0.311 e. The summed E-state index contributed by atoms with van der Waals surface area (Å²) in [6, 6.07) is 4.09. The van der Waals surface area contributed by atoms with Crippen molar-refractivity contribution in [1.82, 2.24) is 19.8 Å². The van der Waals surface area contributed by atoms with Crippen molar-refractivity contribution in [2.24, 2.45) is 7.05 Å². The van der Waals surface area contributed by atoms with Gasteiger partial charge in [0.25, 0.3) is 5.92 Å². The molecule has 0 aliphatic carbocycles. The second-order valence-corrected chi connectivity index (χ2v) is 7.17. The summed E-state index contributed by atoms with van der Waals surface area (Å²) in [5.41, 5.74) is 0.802. The van der Waals surface area contributed by atoms with Crippen LogP contribution in [0.25, 0.3) is 11.0 Å². The molecule has 2 aromatic rings. The van der Waals surface area contributed by atoms with Gasteiger partial charge in [0.15, 0.2) is 0 Å². The number of imidazole rings is 1. The Labute approximate surface area is 153 Å². The molecular formula is C18H20F2N4O3. The molecule has 3 heterocycles. The molecule has 0 saturated carbocycles. The molecule has 2 amide bonds. The highest BCUT2D eigenvalue weighted by Gasteiger charge is 2.44. The Balaban J connectivity index is 1.90. The van der Waals surface area contributed by atoms with E-state index in [1.54, 1.807) is 18.2 Å². The van der Waals surface area contributed by atoms with Gasteiger partial charge >= 0.3 is 5.69 Å². The second kappa shape index (κ2) is 6.26. The molecule has 0 radical (unpaired) electrons. The van der Waals surface area contributed by atoms with Gasteiger partial charge in [-0.1, -0.05) is 12.1 Å². The highest BCUT2D eigenvalue weighted by atomic mass is 19.3. The molecule has 144 valence electrons. The number of aromatic nitrogens is 2. The number of hydrogen-bond donors (Lipinski definition) is 2. The maximum Gasteiger partial charge on any atom is 0.329 e. The van der Waals surface area contributed by atoms with Gasteiger partial charge in [0.05, 0.1) is 23.5 Å². The zero-order chi connectivity index (χ0) is 19.3. The van der Waals surface area contributed by atoms with Crippen LogP contribution in [0.2, 0.25) is 0 Å². The third-order valence-electron chi connectivity index (χ3n) is 5.51. The van der Waals surface area contributed by atoms with Gasteiger partial charge in [0.1, 0.15) is 6.04 Å². The van der Waals surface area contributed by atoms with Crippen molar-refractivity contribution in [3.63, 3.8) is 0 Å². The van der Waals surface area contributed by atoms with Crippen molar-refractivity contribution in [3.05, 3.63) is 34.2 Å². The molecule has 1 aromatic carbocycles. The summed E-state index contributed by atoms with van der Waals surface area (Å²) in [4.78, 5) is 36.6. The molecule has 2 saturated heterocycles. The smallest absolute Gasteiger partial charge is 0.311 e. The Bertz CT molecular complexity index is 994. The summed E-state index contributed by atoms with van der Waals surface area (Å²) < 4.78 is 31.7. The van der Waals surface area contributed by atoms with E-state index in [4.69, 9.17) is 0 Å². The fourth-order valence-electron chi connectivity index (χ4n) is 4.20. The number of benzene rings is 1. The lowest BCUT2D eigenvalue weighted by atomic mass is 9.86. The van der Waals surface area contributed by atoms with Gasteiger partial charge < -0.3 is 5.32 Å². The lowest BCUT2D eigenvalue weighted by Gasteiger charge is -2.32. The first-order valence-electron chi connectivity index (χ1n) is 8.93. The Morgan fingerprint density at radius 2 is 1.96 bits per heavy atom. The number of rotatable bonds is 2. The monoisotopic (exact) mass is 378 g/mol. The van der Waals surface area contributed by atoms with Gasteiger partial charge in [-0.3, -0.25) is 24.0 Å². The van der Waals surface area contributed by atoms with Crippen molar-refractivity contribution in [2.45, 2.75) is 37.1 Å². The first-order chi connectivity index (χ1) is 12.8. The van der Waals surface area contributed by atoms with E-state index >= 15 is 0 Å². The second-order valence-electron chi connectivity index (χ2n) is 7.17. The molecule has 2 N–H and O–H groups in total. The van der Waals surface area contributed by atoms with Crippen LogP contribution >= 0.6 is 0 Å². The van der Waals surface area contributed by atoms with E-state index in [1.165, 1.54) is 16.2 Å². The van der Waals surface area contributed by atoms with E-state index in [0.29, 0.717) is 23.1 Å². The van der Waals surface area contributed by atoms with Crippen molar-refractivity contribution in [3.8, 4) is 0 Å². The summed E-state index contributed by atoms with van der Waals surface area (Å²) in [6.45, 7) is 0.0638. The third kappa shape index (κ3) is 2.77. The van der Waals surface area contributed by atoms with Crippen molar-refractivity contribution < 1.29 is 18.4 Å². The van der Waals surface area contributed by atoms with Gasteiger partial charge in [0.2, 0.25) is 11.8 Å². The van der Waals surface area contributed by atoms with E-state index < -0.39 is 36.0 Å². The fraction of sp³-hybridized carbons (Fsp3) is 0.500. The van der Waals surface area contributed by atoms with Gasteiger partial charge in [-0.2, -0.15) is 0 Å². The van der Waals surface area contributed by atoms with E-state index in [2.05, 4.69) is 10.6 Å². The predicted octanol–water partition coefficient (Wildman–Crippen LogP) is 1.03. The number of alkyl halides is 2. The lowest BCUT2D eigenvalue weighted by molar-refractivity contribution is -0.135. The number of carbonyl (C=O) groups is 2.